The van der Waals surface area contributed by atoms with E-state index < -0.39 is 0 Å². The number of anilines is 1. The Kier molecular flexibility index (Phi) is 7.20. The second-order valence-corrected chi connectivity index (χ2v) is 6.38. The summed E-state index contributed by atoms with van der Waals surface area (Å²) in [5.41, 5.74) is 4.40. The number of aryl methyl sites for hydroxylation is 1. The highest BCUT2D eigenvalue weighted by atomic mass is 35.5. The summed E-state index contributed by atoms with van der Waals surface area (Å²) in [4.78, 5) is 0. The van der Waals surface area contributed by atoms with Gasteiger partial charge in [0.25, 0.3) is 0 Å². The van der Waals surface area contributed by atoms with Crippen molar-refractivity contribution in [1.82, 2.24) is 0 Å². The number of allylic oxidation sites excluding steroid dienone is 1. The molecule has 0 saturated heterocycles. The largest absolute Gasteiger partial charge is 0.493 e. The van der Waals surface area contributed by atoms with Gasteiger partial charge < -0.3 is 14.8 Å². The lowest BCUT2D eigenvalue weighted by Gasteiger charge is -2.17. The molecule has 2 aromatic carbocycles. The van der Waals surface area contributed by atoms with Crippen LogP contribution in [0.15, 0.2) is 43.0 Å². The van der Waals surface area contributed by atoms with Gasteiger partial charge in [0.2, 0.25) is 0 Å². The van der Waals surface area contributed by atoms with Crippen molar-refractivity contribution in [2.45, 2.75) is 33.2 Å². The average molecular weight is 360 g/mol. The first-order valence-corrected chi connectivity index (χ1v) is 8.90. The predicted molar refractivity (Wildman–Crippen MR) is 106 cm³/mol. The molecule has 134 valence electrons. The molecule has 4 heteroatoms. The van der Waals surface area contributed by atoms with Gasteiger partial charge in [-0.1, -0.05) is 30.7 Å². The fourth-order valence-electron chi connectivity index (χ4n) is 2.63. The van der Waals surface area contributed by atoms with Crippen molar-refractivity contribution in [3.8, 4) is 11.5 Å². The molecule has 2 aromatic rings. The molecule has 25 heavy (non-hydrogen) atoms. The predicted octanol–water partition coefficient (Wildman–Crippen LogP) is 5.79. The fraction of sp³-hybridized carbons (Fsp3) is 0.333. The van der Waals surface area contributed by atoms with Crippen molar-refractivity contribution in [3.63, 3.8) is 0 Å². The van der Waals surface area contributed by atoms with E-state index in [0.717, 1.165) is 51.7 Å². The van der Waals surface area contributed by atoms with Crippen LogP contribution in [0, 0.1) is 6.92 Å². The van der Waals surface area contributed by atoms with Crippen molar-refractivity contribution < 1.29 is 9.47 Å². The van der Waals surface area contributed by atoms with Crippen LogP contribution in [0.25, 0.3) is 0 Å². The molecule has 0 amide bonds. The standard InChI is InChI=1S/C21H26ClNO2/c1-5-7-17-11-16(12-20(24-4)21(17)25-10-6-2)14-23-19-13-18(22)9-8-15(19)3/h5,8-9,11-13,23H,1,6-7,10,14H2,2-4H3. The number of hydrogen-bond acceptors (Lipinski definition) is 3. The number of ether oxygens (including phenoxy) is 2. The Labute approximate surface area is 155 Å². The smallest absolute Gasteiger partial charge is 0.164 e. The lowest BCUT2D eigenvalue weighted by molar-refractivity contribution is 0.291. The highest BCUT2D eigenvalue weighted by Gasteiger charge is 2.13. The molecule has 0 radical (unpaired) electrons. The molecule has 0 aliphatic rings. The van der Waals surface area contributed by atoms with Crippen molar-refractivity contribution in [1.29, 1.82) is 0 Å². The second-order valence-electron chi connectivity index (χ2n) is 5.94. The quantitative estimate of drug-likeness (QED) is 0.575. The van der Waals surface area contributed by atoms with Gasteiger partial charge in [-0.3, -0.25) is 0 Å². The highest BCUT2D eigenvalue weighted by molar-refractivity contribution is 6.30. The third kappa shape index (κ3) is 5.17. The molecule has 0 atom stereocenters. The molecular formula is C21H26ClNO2. The van der Waals surface area contributed by atoms with Crippen LogP contribution in [-0.4, -0.2) is 13.7 Å². The minimum absolute atomic E-state index is 0.666. The number of hydrogen-bond donors (Lipinski definition) is 1. The Balaban J connectivity index is 2.26. The molecular weight excluding hydrogens is 334 g/mol. The Hall–Kier alpha value is -2.13. The molecule has 0 fully saturated rings. The van der Waals surface area contributed by atoms with Gasteiger partial charge in [0.1, 0.15) is 0 Å². The summed E-state index contributed by atoms with van der Waals surface area (Å²) in [6, 6.07) is 10.0. The van der Waals surface area contributed by atoms with Crippen LogP contribution >= 0.6 is 11.6 Å². The van der Waals surface area contributed by atoms with E-state index in [4.69, 9.17) is 21.1 Å². The average Bonchev–Trinajstić information content (AvgIpc) is 2.61. The zero-order valence-corrected chi connectivity index (χ0v) is 16.0. The number of halogens is 1. The van der Waals surface area contributed by atoms with Gasteiger partial charge in [-0.25, -0.2) is 0 Å². The molecule has 0 heterocycles. The van der Waals surface area contributed by atoms with Gasteiger partial charge in [-0.05, 0) is 55.2 Å². The van der Waals surface area contributed by atoms with Crippen LogP contribution in [0.1, 0.15) is 30.0 Å². The van der Waals surface area contributed by atoms with E-state index in [-0.39, 0.29) is 0 Å². The fourth-order valence-corrected chi connectivity index (χ4v) is 2.81. The highest BCUT2D eigenvalue weighted by Crippen LogP contribution is 2.34. The summed E-state index contributed by atoms with van der Waals surface area (Å²) < 4.78 is 11.5. The molecule has 0 aromatic heterocycles. The third-order valence-corrected chi connectivity index (χ3v) is 4.14. The van der Waals surface area contributed by atoms with Gasteiger partial charge in [-0.2, -0.15) is 0 Å². The van der Waals surface area contributed by atoms with Crippen LogP contribution in [0.2, 0.25) is 5.02 Å². The Morgan fingerprint density at radius 2 is 2.04 bits per heavy atom. The van der Waals surface area contributed by atoms with E-state index in [1.165, 1.54) is 0 Å². The Morgan fingerprint density at radius 1 is 1.24 bits per heavy atom. The van der Waals surface area contributed by atoms with Crippen LogP contribution in [0.4, 0.5) is 5.69 Å². The number of nitrogens with one attached hydrogen (secondary N) is 1. The minimum Gasteiger partial charge on any atom is -0.493 e. The number of benzene rings is 2. The lowest BCUT2D eigenvalue weighted by Crippen LogP contribution is -2.05. The first kappa shape index (κ1) is 19.2. The van der Waals surface area contributed by atoms with E-state index >= 15 is 0 Å². The summed E-state index contributed by atoms with van der Waals surface area (Å²) >= 11 is 6.09. The minimum atomic E-state index is 0.666. The van der Waals surface area contributed by atoms with Crippen molar-refractivity contribution >= 4 is 17.3 Å². The maximum atomic E-state index is 6.09. The van der Waals surface area contributed by atoms with E-state index in [1.54, 1.807) is 7.11 Å². The third-order valence-electron chi connectivity index (χ3n) is 3.91. The SMILES string of the molecule is C=CCc1cc(CNc2cc(Cl)ccc2C)cc(OC)c1OCCC. The maximum Gasteiger partial charge on any atom is 0.164 e. The summed E-state index contributed by atoms with van der Waals surface area (Å²) in [5, 5.41) is 4.17. The normalized spacial score (nSPS) is 10.4. The summed E-state index contributed by atoms with van der Waals surface area (Å²) in [6.07, 6.45) is 3.57. The Bertz CT molecular complexity index is 728. The van der Waals surface area contributed by atoms with Crippen molar-refractivity contribution in [3.05, 3.63) is 64.7 Å². The summed E-state index contributed by atoms with van der Waals surface area (Å²) in [7, 11) is 1.67. The first-order chi connectivity index (χ1) is 12.1. The second kappa shape index (κ2) is 9.38. The van der Waals surface area contributed by atoms with Gasteiger partial charge >= 0.3 is 0 Å². The van der Waals surface area contributed by atoms with E-state index in [1.807, 2.05) is 30.3 Å². The summed E-state index contributed by atoms with van der Waals surface area (Å²) in [6.45, 7) is 9.34. The van der Waals surface area contributed by atoms with Gasteiger partial charge in [0.15, 0.2) is 11.5 Å². The van der Waals surface area contributed by atoms with E-state index in [2.05, 4.69) is 31.8 Å². The summed E-state index contributed by atoms with van der Waals surface area (Å²) in [5.74, 6) is 1.57. The Morgan fingerprint density at radius 3 is 2.72 bits per heavy atom. The zero-order valence-electron chi connectivity index (χ0n) is 15.2. The zero-order chi connectivity index (χ0) is 18.2. The molecule has 1 N–H and O–H groups in total. The van der Waals surface area contributed by atoms with Crippen LogP contribution in [-0.2, 0) is 13.0 Å². The van der Waals surface area contributed by atoms with Crippen molar-refractivity contribution in [2.75, 3.05) is 19.0 Å². The maximum absolute atomic E-state index is 6.09. The van der Waals surface area contributed by atoms with Crippen molar-refractivity contribution in [2.24, 2.45) is 0 Å². The van der Waals surface area contributed by atoms with E-state index in [0.29, 0.717) is 13.2 Å². The van der Waals surface area contributed by atoms with Gasteiger partial charge in [-0.15, -0.1) is 6.58 Å². The number of methoxy groups -OCH3 is 1. The van der Waals surface area contributed by atoms with Crippen LogP contribution < -0.4 is 14.8 Å². The van der Waals surface area contributed by atoms with E-state index in [9.17, 15) is 0 Å². The topological polar surface area (TPSA) is 30.5 Å². The lowest BCUT2D eigenvalue weighted by atomic mass is 10.0. The molecule has 0 aliphatic heterocycles. The molecule has 3 nitrogen and oxygen atoms in total. The molecule has 0 aliphatic carbocycles. The first-order valence-electron chi connectivity index (χ1n) is 8.52. The molecule has 0 saturated carbocycles. The molecule has 2 rings (SSSR count). The van der Waals surface area contributed by atoms with Gasteiger partial charge in [0, 0.05) is 22.8 Å². The van der Waals surface area contributed by atoms with Gasteiger partial charge in [0.05, 0.1) is 13.7 Å². The molecule has 0 spiro atoms. The monoisotopic (exact) mass is 359 g/mol. The van der Waals surface area contributed by atoms with Crippen LogP contribution in [0.5, 0.6) is 11.5 Å². The molecule has 0 unspecified atom stereocenters. The van der Waals surface area contributed by atoms with Crippen LogP contribution in [0.3, 0.4) is 0 Å². The molecule has 0 bridgehead atoms. The number of rotatable bonds is 9.